The molecule has 2 rings (SSSR count). The molecule has 96 valence electrons. The lowest BCUT2D eigenvalue weighted by Gasteiger charge is -2.08. The summed E-state index contributed by atoms with van der Waals surface area (Å²) in [6.07, 6.45) is 0.440. The Morgan fingerprint density at radius 2 is 2.00 bits per heavy atom. The van der Waals surface area contributed by atoms with Gasteiger partial charge in [-0.15, -0.1) is 11.3 Å². The topological polar surface area (TPSA) is 0 Å². The fraction of sp³-hybridized carbons (Fsp3) is 0.167. The summed E-state index contributed by atoms with van der Waals surface area (Å²) in [5.74, 6) is -1.09. The SMILES string of the molecule is Fc1ccc(CC(Br)c2cc(Cl)c(Br)s2)c(F)c1. The zero-order chi connectivity index (χ0) is 13.3. The molecule has 1 unspecified atom stereocenters. The molecule has 1 heterocycles. The van der Waals surface area contributed by atoms with Crippen molar-refractivity contribution in [2.24, 2.45) is 0 Å². The van der Waals surface area contributed by atoms with Crippen LogP contribution in [-0.4, -0.2) is 0 Å². The minimum absolute atomic E-state index is 0.0498. The maximum absolute atomic E-state index is 13.5. The van der Waals surface area contributed by atoms with E-state index in [-0.39, 0.29) is 4.83 Å². The van der Waals surface area contributed by atoms with Gasteiger partial charge in [0.05, 0.1) is 13.6 Å². The van der Waals surface area contributed by atoms with Crippen LogP contribution >= 0.6 is 54.8 Å². The largest absolute Gasteiger partial charge is 0.207 e. The second-order valence-corrected chi connectivity index (χ2v) is 7.59. The third kappa shape index (κ3) is 3.32. The fourth-order valence-electron chi connectivity index (χ4n) is 1.50. The number of rotatable bonds is 3. The van der Waals surface area contributed by atoms with Crippen LogP contribution in [0.25, 0.3) is 0 Å². The Hall–Kier alpha value is 0.0300. The highest BCUT2D eigenvalue weighted by Gasteiger charge is 2.16. The van der Waals surface area contributed by atoms with Crippen molar-refractivity contribution < 1.29 is 8.78 Å². The zero-order valence-corrected chi connectivity index (χ0v) is 13.6. The molecule has 0 N–H and O–H groups in total. The van der Waals surface area contributed by atoms with E-state index >= 15 is 0 Å². The van der Waals surface area contributed by atoms with Crippen LogP contribution in [0.1, 0.15) is 15.3 Å². The monoisotopic (exact) mass is 414 g/mol. The highest BCUT2D eigenvalue weighted by atomic mass is 79.9. The van der Waals surface area contributed by atoms with Gasteiger partial charge in [0.25, 0.3) is 0 Å². The smallest absolute Gasteiger partial charge is 0.129 e. The van der Waals surface area contributed by atoms with Crippen molar-refractivity contribution in [2.45, 2.75) is 11.2 Å². The van der Waals surface area contributed by atoms with Gasteiger partial charge in [0.1, 0.15) is 11.6 Å². The van der Waals surface area contributed by atoms with Crippen LogP contribution in [0.4, 0.5) is 8.78 Å². The zero-order valence-electron chi connectivity index (χ0n) is 8.89. The van der Waals surface area contributed by atoms with E-state index in [1.165, 1.54) is 23.5 Å². The van der Waals surface area contributed by atoms with Gasteiger partial charge in [0.15, 0.2) is 0 Å². The molecule has 0 amide bonds. The minimum Gasteiger partial charge on any atom is -0.207 e. The van der Waals surface area contributed by atoms with E-state index in [9.17, 15) is 8.78 Å². The Morgan fingerprint density at radius 3 is 2.56 bits per heavy atom. The molecule has 1 aromatic carbocycles. The highest BCUT2D eigenvalue weighted by Crippen LogP contribution is 2.39. The summed E-state index contributed by atoms with van der Waals surface area (Å²) in [6, 6.07) is 5.45. The standard InChI is InChI=1S/C12H7Br2ClF2S/c13-8(11-5-9(15)12(14)18-11)3-6-1-2-7(16)4-10(6)17/h1-2,4-5,8H,3H2. The van der Waals surface area contributed by atoms with Gasteiger partial charge >= 0.3 is 0 Å². The number of hydrogen-bond donors (Lipinski definition) is 0. The van der Waals surface area contributed by atoms with Gasteiger partial charge in [-0.1, -0.05) is 33.6 Å². The summed E-state index contributed by atoms with van der Waals surface area (Å²) >= 11 is 14.3. The first-order valence-electron chi connectivity index (χ1n) is 5.00. The van der Waals surface area contributed by atoms with E-state index in [4.69, 9.17) is 11.6 Å². The second kappa shape index (κ2) is 5.99. The summed E-state index contributed by atoms with van der Waals surface area (Å²) in [7, 11) is 0. The summed E-state index contributed by atoms with van der Waals surface area (Å²) in [6.45, 7) is 0. The van der Waals surface area contributed by atoms with Crippen LogP contribution in [0.3, 0.4) is 0 Å². The molecule has 0 bridgehead atoms. The van der Waals surface area contributed by atoms with Crippen molar-refractivity contribution in [3.63, 3.8) is 0 Å². The van der Waals surface area contributed by atoms with Gasteiger partial charge in [-0.25, -0.2) is 8.78 Å². The van der Waals surface area contributed by atoms with Gasteiger partial charge in [-0.05, 0) is 40.0 Å². The molecule has 0 spiro atoms. The first kappa shape index (κ1) is 14.4. The molecule has 0 nitrogen and oxygen atoms in total. The fourth-order valence-corrected chi connectivity index (χ4v) is 3.98. The first-order valence-corrected chi connectivity index (χ1v) is 7.90. The van der Waals surface area contributed by atoms with Crippen LogP contribution in [0, 0.1) is 11.6 Å². The van der Waals surface area contributed by atoms with Crippen LogP contribution < -0.4 is 0 Å². The lowest BCUT2D eigenvalue weighted by molar-refractivity contribution is 0.571. The third-order valence-corrected chi connectivity index (χ3v) is 6.10. The van der Waals surface area contributed by atoms with Crippen molar-refractivity contribution in [3.8, 4) is 0 Å². The number of hydrogen-bond acceptors (Lipinski definition) is 1. The highest BCUT2D eigenvalue weighted by molar-refractivity contribution is 9.11. The maximum Gasteiger partial charge on any atom is 0.129 e. The minimum atomic E-state index is -0.565. The molecule has 0 aliphatic carbocycles. The lowest BCUT2D eigenvalue weighted by atomic mass is 10.1. The predicted octanol–water partition coefficient (Wildman–Crippen LogP) is 6.12. The molecule has 0 saturated heterocycles. The van der Waals surface area contributed by atoms with E-state index < -0.39 is 11.6 Å². The molecular formula is C12H7Br2ClF2S. The van der Waals surface area contributed by atoms with E-state index in [1.807, 2.05) is 6.07 Å². The van der Waals surface area contributed by atoms with Gasteiger partial charge in [-0.3, -0.25) is 0 Å². The van der Waals surface area contributed by atoms with E-state index in [0.717, 1.165) is 14.7 Å². The average Bonchev–Trinajstić information content (AvgIpc) is 2.63. The average molecular weight is 417 g/mol. The van der Waals surface area contributed by atoms with Crippen LogP contribution in [0.5, 0.6) is 0 Å². The maximum atomic E-state index is 13.5. The number of thiophene rings is 1. The lowest BCUT2D eigenvalue weighted by Crippen LogP contribution is -1.97. The van der Waals surface area contributed by atoms with Gasteiger partial charge in [0, 0.05) is 10.9 Å². The van der Waals surface area contributed by atoms with E-state index in [2.05, 4.69) is 31.9 Å². The quantitative estimate of drug-likeness (QED) is 0.529. The summed E-state index contributed by atoms with van der Waals surface area (Å²) in [5.41, 5.74) is 0.471. The first-order chi connectivity index (χ1) is 8.47. The molecule has 18 heavy (non-hydrogen) atoms. The number of benzene rings is 1. The Morgan fingerprint density at radius 1 is 1.28 bits per heavy atom. The Labute approximate surface area is 129 Å². The van der Waals surface area contributed by atoms with Crippen molar-refractivity contribution in [1.29, 1.82) is 0 Å². The Kier molecular flexibility index (Phi) is 4.80. The normalized spacial score (nSPS) is 12.7. The van der Waals surface area contributed by atoms with E-state index in [1.54, 1.807) is 0 Å². The third-order valence-electron chi connectivity index (χ3n) is 2.39. The van der Waals surface area contributed by atoms with Crippen LogP contribution in [0.15, 0.2) is 28.1 Å². The molecule has 6 heteroatoms. The molecule has 0 radical (unpaired) electrons. The van der Waals surface area contributed by atoms with Gasteiger partial charge in [-0.2, -0.15) is 0 Å². The van der Waals surface area contributed by atoms with Crippen molar-refractivity contribution in [3.05, 3.63) is 55.1 Å². The summed E-state index contributed by atoms with van der Waals surface area (Å²) in [5, 5.41) is 0.638. The predicted molar refractivity (Wildman–Crippen MR) is 78.8 cm³/mol. The summed E-state index contributed by atoms with van der Waals surface area (Å²) in [4.78, 5) is 0.946. The van der Waals surface area contributed by atoms with Gasteiger partial charge < -0.3 is 0 Å². The number of alkyl halides is 1. The summed E-state index contributed by atoms with van der Waals surface area (Å²) < 4.78 is 27.2. The van der Waals surface area contributed by atoms with Crippen molar-refractivity contribution >= 4 is 54.8 Å². The molecule has 1 aromatic heterocycles. The van der Waals surface area contributed by atoms with Crippen LogP contribution in [0.2, 0.25) is 5.02 Å². The molecular weight excluding hydrogens is 409 g/mol. The Bertz CT molecular complexity index is 552. The molecule has 0 aliphatic rings. The van der Waals surface area contributed by atoms with Crippen molar-refractivity contribution in [2.75, 3.05) is 0 Å². The van der Waals surface area contributed by atoms with E-state index in [0.29, 0.717) is 17.0 Å². The number of halogens is 5. The second-order valence-electron chi connectivity index (χ2n) is 3.68. The molecule has 1 atom stereocenters. The van der Waals surface area contributed by atoms with Crippen molar-refractivity contribution in [1.82, 2.24) is 0 Å². The van der Waals surface area contributed by atoms with Gasteiger partial charge in [0.2, 0.25) is 0 Å². The molecule has 0 fully saturated rings. The Balaban J connectivity index is 2.18. The van der Waals surface area contributed by atoms with Crippen LogP contribution in [-0.2, 0) is 6.42 Å². The molecule has 2 aromatic rings. The molecule has 0 saturated carbocycles. The molecule has 0 aliphatic heterocycles.